The standard InChI is InChI=1S/C13H14FN3OS/c1-8-2-3-9(14)6-11(8)18-13-17-16-12(19-13)7-15-10-4-5-10/h2-3,6,10,15H,4-5,7H2,1H3. The Kier molecular flexibility index (Phi) is 3.44. The summed E-state index contributed by atoms with van der Waals surface area (Å²) in [5.74, 6) is 0.165. The van der Waals surface area contributed by atoms with Crippen LogP contribution >= 0.6 is 11.3 Å². The maximum absolute atomic E-state index is 13.1. The van der Waals surface area contributed by atoms with E-state index in [4.69, 9.17) is 4.74 Å². The first-order valence-corrected chi connectivity index (χ1v) is 7.02. The zero-order valence-corrected chi connectivity index (χ0v) is 11.3. The van der Waals surface area contributed by atoms with Gasteiger partial charge in [-0.2, -0.15) is 0 Å². The van der Waals surface area contributed by atoms with Crippen molar-refractivity contribution in [2.45, 2.75) is 32.4 Å². The van der Waals surface area contributed by atoms with Crippen LogP contribution in [0.25, 0.3) is 0 Å². The lowest BCUT2D eigenvalue weighted by Crippen LogP contribution is -2.14. The maximum atomic E-state index is 13.1. The van der Waals surface area contributed by atoms with E-state index >= 15 is 0 Å². The summed E-state index contributed by atoms with van der Waals surface area (Å²) >= 11 is 1.38. The fourth-order valence-electron chi connectivity index (χ4n) is 1.65. The van der Waals surface area contributed by atoms with Gasteiger partial charge in [-0.25, -0.2) is 4.39 Å². The first kappa shape index (κ1) is 12.5. The fraction of sp³-hybridized carbons (Fsp3) is 0.385. The predicted molar refractivity (Wildman–Crippen MR) is 71.0 cm³/mol. The minimum atomic E-state index is -0.319. The second-order valence-corrected chi connectivity index (χ2v) is 5.65. The van der Waals surface area contributed by atoms with Crippen LogP contribution in [0.3, 0.4) is 0 Å². The quantitative estimate of drug-likeness (QED) is 0.914. The van der Waals surface area contributed by atoms with Crippen LogP contribution in [-0.4, -0.2) is 16.2 Å². The van der Waals surface area contributed by atoms with Crippen LogP contribution in [0.4, 0.5) is 4.39 Å². The Morgan fingerprint density at radius 3 is 3.05 bits per heavy atom. The van der Waals surface area contributed by atoms with Gasteiger partial charge in [-0.1, -0.05) is 22.5 Å². The lowest BCUT2D eigenvalue weighted by atomic mass is 10.2. The Labute approximate surface area is 114 Å². The topological polar surface area (TPSA) is 47.0 Å². The van der Waals surface area contributed by atoms with Gasteiger partial charge in [0.05, 0.1) is 6.54 Å². The highest BCUT2D eigenvalue weighted by atomic mass is 32.1. The Balaban J connectivity index is 1.66. The molecule has 1 N–H and O–H groups in total. The van der Waals surface area contributed by atoms with E-state index in [1.807, 2.05) is 6.92 Å². The molecule has 1 fully saturated rings. The number of nitrogens with one attached hydrogen (secondary N) is 1. The lowest BCUT2D eigenvalue weighted by molar-refractivity contribution is 0.464. The van der Waals surface area contributed by atoms with E-state index in [0.29, 0.717) is 23.5 Å². The van der Waals surface area contributed by atoms with Gasteiger partial charge in [0.1, 0.15) is 16.6 Å². The Hall–Kier alpha value is -1.53. The highest BCUT2D eigenvalue weighted by molar-refractivity contribution is 7.13. The fourth-order valence-corrected chi connectivity index (χ4v) is 2.30. The normalized spacial score (nSPS) is 14.6. The summed E-state index contributed by atoms with van der Waals surface area (Å²) in [6, 6.07) is 5.09. The molecule has 100 valence electrons. The largest absolute Gasteiger partial charge is 0.429 e. The van der Waals surface area contributed by atoms with Gasteiger partial charge in [-0.05, 0) is 31.4 Å². The molecular formula is C13H14FN3OS. The van der Waals surface area contributed by atoms with Crippen LogP contribution in [0, 0.1) is 12.7 Å². The molecule has 1 heterocycles. The highest BCUT2D eigenvalue weighted by Crippen LogP contribution is 2.28. The highest BCUT2D eigenvalue weighted by Gasteiger charge is 2.20. The maximum Gasteiger partial charge on any atom is 0.299 e. The van der Waals surface area contributed by atoms with E-state index in [9.17, 15) is 4.39 Å². The molecule has 0 atom stereocenters. The minimum absolute atomic E-state index is 0.319. The number of aromatic nitrogens is 2. The SMILES string of the molecule is Cc1ccc(F)cc1Oc1nnc(CNC2CC2)s1. The van der Waals surface area contributed by atoms with Crippen LogP contribution in [0.5, 0.6) is 10.9 Å². The van der Waals surface area contributed by atoms with Crippen molar-refractivity contribution in [2.75, 3.05) is 0 Å². The molecule has 0 saturated heterocycles. The van der Waals surface area contributed by atoms with E-state index in [-0.39, 0.29) is 5.82 Å². The van der Waals surface area contributed by atoms with E-state index in [2.05, 4.69) is 15.5 Å². The molecule has 0 unspecified atom stereocenters. The molecule has 1 aliphatic rings. The Bertz CT molecular complexity index is 583. The zero-order chi connectivity index (χ0) is 13.2. The second-order valence-electron chi connectivity index (χ2n) is 4.63. The number of aryl methyl sites for hydroxylation is 1. The molecule has 1 aromatic carbocycles. The summed E-state index contributed by atoms with van der Waals surface area (Å²) in [4.78, 5) is 0. The minimum Gasteiger partial charge on any atom is -0.429 e. The van der Waals surface area contributed by atoms with Crippen molar-refractivity contribution >= 4 is 11.3 Å². The summed E-state index contributed by atoms with van der Waals surface area (Å²) in [5.41, 5.74) is 0.870. The molecule has 0 radical (unpaired) electrons. The van der Waals surface area contributed by atoms with Crippen molar-refractivity contribution in [3.63, 3.8) is 0 Å². The number of rotatable bonds is 5. The third kappa shape index (κ3) is 3.27. The van der Waals surface area contributed by atoms with Gasteiger partial charge in [0.25, 0.3) is 5.19 Å². The van der Waals surface area contributed by atoms with Gasteiger partial charge in [-0.15, -0.1) is 5.10 Å². The third-order valence-electron chi connectivity index (χ3n) is 2.92. The molecule has 1 aliphatic carbocycles. The van der Waals surface area contributed by atoms with Crippen LogP contribution in [0.2, 0.25) is 0 Å². The van der Waals surface area contributed by atoms with Gasteiger partial charge in [0, 0.05) is 12.1 Å². The monoisotopic (exact) mass is 279 g/mol. The molecule has 0 spiro atoms. The van der Waals surface area contributed by atoms with E-state index < -0.39 is 0 Å². The molecule has 0 amide bonds. The number of ether oxygens (including phenoxy) is 1. The van der Waals surface area contributed by atoms with Gasteiger partial charge in [-0.3, -0.25) is 0 Å². The van der Waals surface area contributed by atoms with E-state index in [1.54, 1.807) is 6.07 Å². The molecule has 0 bridgehead atoms. The number of benzene rings is 1. The van der Waals surface area contributed by atoms with Crippen LogP contribution in [0.1, 0.15) is 23.4 Å². The molecule has 1 aromatic heterocycles. The molecule has 4 nitrogen and oxygen atoms in total. The first-order valence-electron chi connectivity index (χ1n) is 6.20. The Morgan fingerprint density at radius 2 is 2.26 bits per heavy atom. The van der Waals surface area contributed by atoms with Crippen molar-refractivity contribution in [1.29, 1.82) is 0 Å². The van der Waals surface area contributed by atoms with Gasteiger partial charge in [0.2, 0.25) is 0 Å². The predicted octanol–water partition coefficient (Wildman–Crippen LogP) is 3.03. The third-order valence-corrected chi connectivity index (χ3v) is 3.72. The lowest BCUT2D eigenvalue weighted by Gasteiger charge is -2.04. The average molecular weight is 279 g/mol. The smallest absolute Gasteiger partial charge is 0.299 e. The second kappa shape index (κ2) is 5.22. The summed E-state index contributed by atoms with van der Waals surface area (Å²) in [6.45, 7) is 2.58. The van der Waals surface area contributed by atoms with Crippen molar-refractivity contribution in [1.82, 2.24) is 15.5 Å². The number of nitrogens with zero attached hydrogens (tertiary/aromatic N) is 2. The Morgan fingerprint density at radius 1 is 1.42 bits per heavy atom. The summed E-state index contributed by atoms with van der Waals surface area (Å²) < 4.78 is 18.7. The zero-order valence-electron chi connectivity index (χ0n) is 10.5. The summed E-state index contributed by atoms with van der Waals surface area (Å²) in [7, 11) is 0. The van der Waals surface area contributed by atoms with Gasteiger partial charge >= 0.3 is 0 Å². The van der Waals surface area contributed by atoms with Crippen molar-refractivity contribution in [3.8, 4) is 10.9 Å². The average Bonchev–Trinajstić information content (AvgIpc) is 3.12. The summed E-state index contributed by atoms with van der Waals surface area (Å²) in [6.07, 6.45) is 2.48. The van der Waals surface area contributed by atoms with Crippen LogP contribution < -0.4 is 10.1 Å². The van der Waals surface area contributed by atoms with Crippen molar-refractivity contribution in [2.24, 2.45) is 0 Å². The molecule has 0 aliphatic heterocycles. The summed E-state index contributed by atoms with van der Waals surface area (Å²) in [5, 5.41) is 12.7. The van der Waals surface area contributed by atoms with Crippen LogP contribution in [0.15, 0.2) is 18.2 Å². The molecule has 2 aromatic rings. The number of hydrogen-bond donors (Lipinski definition) is 1. The van der Waals surface area contributed by atoms with Crippen molar-refractivity contribution < 1.29 is 9.13 Å². The number of halogens is 1. The van der Waals surface area contributed by atoms with Gasteiger partial charge < -0.3 is 10.1 Å². The van der Waals surface area contributed by atoms with Crippen molar-refractivity contribution in [3.05, 3.63) is 34.6 Å². The number of hydrogen-bond acceptors (Lipinski definition) is 5. The molecule has 1 saturated carbocycles. The molecular weight excluding hydrogens is 265 g/mol. The van der Waals surface area contributed by atoms with E-state index in [0.717, 1.165) is 10.6 Å². The van der Waals surface area contributed by atoms with Crippen LogP contribution in [-0.2, 0) is 6.54 Å². The molecule has 19 heavy (non-hydrogen) atoms. The van der Waals surface area contributed by atoms with E-state index in [1.165, 1.54) is 36.3 Å². The molecule has 3 rings (SSSR count). The van der Waals surface area contributed by atoms with Gasteiger partial charge in [0.15, 0.2) is 0 Å². The molecule has 6 heteroatoms. The first-order chi connectivity index (χ1) is 9.20.